The number of rotatable bonds is 4. The Labute approximate surface area is 144 Å². The zero-order valence-electron chi connectivity index (χ0n) is 14.6. The zero-order valence-corrected chi connectivity index (χ0v) is 15.4. The van der Waals surface area contributed by atoms with Crippen molar-refractivity contribution in [1.82, 2.24) is 5.32 Å². The van der Waals surface area contributed by atoms with Crippen LogP contribution in [0, 0.1) is 18.3 Å². The molecule has 2 rings (SSSR count). The number of halogens is 1. The minimum Gasteiger partial charge on any atom is -0.484 e. The highest BCUT2D eigenvalue weighted by Gasteiger charge is 2.30. The van der Waals surface area contributed by atoms with Crippen LogP contribution in [-0.4, -0.2) is 18.6 Å². The number of benzene rings is 1. The van der Waals surface area contributed by atoms with Gasteiger partial charge in [0, 0.05) is 11.1 Å². The summed E-state index contributed by atoms with van der Waals surface area (Å²) in [5.74, 6) is 1.42. The molecule has 1 fully saturated rings. The van der Waals surface area contributed by atoms with E-state index in [4.69, 9.17) is 16.3 Å². The number of carbonyl (C=O) groups is 1. The molecule has 0 aromatic heterocycles. The van der Waals surface area contributed by atoms with Gasteiger partial charge < -0.3 is 10.1 Å². The number of aryl methyl sites for hydroxylation is 1. The van der Waals surface area contributed by atoms with E-state index in [1.807, 2.05) is 13.0 Å². The Hall–Kier alpha value is -1.22. The Morgan fingerprint density at radius 3 is 2.48 bits per heavy atom. The van der Waals surface area contributed by atoms with Gasteiger partial charge in [-0.05, 0) is 67.7 Å². The van der Waals surface area contributed by atoms with Crippen molar-refractivity contribution in [3.05, 3.63) is 28.8 Å². The summed E-state index contributed by atoms with van der Waals surface area (Å²) in [5, 5.41) is 3.78. The molecule has 23 heavy (non-hydrogen) atoms. The minimum atomic E-state index is -0.0430. The number of carbonyl (C=O) groups excluding carboxylic acids is 1. The fourth-order valence-corrected chi connectivity index (χ4v) is 3.52. The van der Waals surface area contributed by atoms with Crippen LogP contribution in [0.25, 0.3) is 0 Å². The molecular weight excluding hydrogens is 310 g/mol. The maximum absolute atomic E-state index is 12.1. The van der Waals surface area contributed by atoms with Crippen LogP contribution in [0.5, 0.6) is 5.75 Å². The Kier molecular flexibility index (Phi) is 5.96. The Morgan fingerprint density at radius 2 is 1.91 bits per heavy atom. The highest BCUT2D eigenvalue weighted by atomic mass is 35.5. The van der Waals surface area contributed by atoms with E-state index in [0.717, 1.165) is 24.3 Å². The molecule has 128 valence electrons. The third-order valence-electron chi connectivity index (χ3n) is 4.81. The third-order valence-corrected chi connectivity index (χ3v) is 5.05. The van der Waals surface area contributed by atoms with Crippen LogP contribution < -0.4 is 10.1 Å². The van der Waals surface area contributed by atoms with Gasteiger partial charge in [0.05, 0.1) is 0 Å². The predicted octanol–water partition coefficient (Wildman–Crippen LogP) is 4.75. The molecule has 4 heteroatoms. The largest absolute Gasteiger partial charge is 0.484 e. The van der Waals surface area contributed by atoms with Crippen LogP contribution in [-0.2, 0) is 4.79 Å². The molecule has 1 aliphatic carbocycles. The van der Waals surface area contributed by atoms with Crippen molar-refractivity contribution in [2.75, 3.05) is 6.61 Å². The van der Waals surface area contributed by atoms with Gasteiger partial charge >= 0.3 is 0 Å². The van der Waals surface area contributed by atoms with E-state index in [1.54, 1.807) is 12.1 Å². The van der Waals surface area contributed by atoms with E-state index in [2.05, 4.69) is 26.1 Å². The lowest BCUT2D eigenvalue weighted by Crippen LogP contribution is -2.41. The first-order valence-electron chi connectivity index (χ1n) is 8.44. The molecule has 0 saturated heterocycles. The number of nitrogens with one attached hydrogen (secondary N) is 1. The van der Waals surface area contributed by atoms with E-state index < -0.39 is 0 Å². The fraction of sp³-hybridized carbons (Fsp3) is 0.632. The second kappa shape index (κ2) is 7.57. The van der Waals surface area contributed by atoms with Crippen molar-refractivity contribution < 1.29 is 9.53 Å². The predicted molar refractivity (Wildman–Crippen MR) is 95.0 cm³/mol. The quantitative estimate of drug-likeness (QED) is 0.861. The monoisotopic (exact) mass is 337 g/mol. The van der Waals surface area contributed by atoms with Crippen molar-refractivity contribution in [2.24, 2.45) is 11.3 Å². The molecule has 1 amide bonds. The number of hydrogen-bond donors (Lipinski definition) is 1. The maximum atomic E-state index is 12.1. The molecule has 0 spiro atoms. The molecule has 0 atom stereocenters. The first kappa shape index (κ1) is 18.1. The van der Waals surface area contributed by atoms with E-state index >= 15 is 0 Å². The normalized spacial score (nSPS) is 21.8. The van der Waals surface area contributed by atoms with Crippen molar-refractivity contribution >= 4 is 17.5 Å². The number of hydrogen-bond acceptors (Lipinski definition) is 2. The maximum Gasteiger partial charge on any atom is 0.258 e. The Bertz CT molecular complexity index is 543. The summed E-state index contributed by atoms with van der Waals surface area (Å²) < 4.78 is 5.60. The van der Waals surface area contributed by atoms with Crippen LogP contribution in [0.15, 0.2) is 18.2 Å². The molecule has 0 aliphatic heterocycles. The number of ether oxygens (including phenoxy) is 1. The number of amides is 1. The van der Waals surface area contributed by atoms with Gasteiger partial charge in [-0.3, -0.25) is 4.79 Å². The van der Waals surface area contributed by atoms with Crippen LogP contribution in [0.2, 0.25) is 5.02 Å². The van der Waals surface area contributed by atoms with E-state index in [0.29, 0.717) is 16.2 Å². The summed E-state index contributed by atoms with van der Waals surface area (Å²) in [7, 11) is 0. The van der Waals surface area contributed by atoms with Crippen molar-refractivity contribution in [2.45, 2.75) is 59.4 Å². The van der Waals surface area contributed by atoms with Gasteiger partial charge in [-0.1, -0.05) is 32.4 Å². The standard InChI is InChI=1S/C19H28ClNO2/c1-13-11-15(20)7-10-17(13)23-12-18(22)21-16-8-5-14(6-9-16)19(2,3)4/h7,10-11,14,16H,5-6,8-9,12H2,1-4H3,(H,21,22). The molecule has 3 nitrogen and oxygen atoms in total. The first-order chi connectivity index (χ1) is 10.8. The molecule has 1 aliphatic rings. The average Bonchev–Trinajstić information content (AvgIpc) is 2.46. The topological polar surface area (TPSA) is 38.3 Å². The molecular formula is C19H28ClNO2. The molecule has 0 unspecified atom stereocenters. The summed E-state index contributed by atoms with van der Waals surface area (Å²) in [6, 6.07) is 5.70. The average molecular weight is 338 g/mol. The summed E-state index contributed by atoms with van der Waals surface area (Å²) in [5.41, 5.74) is 1.31. The van der Waals surface area contributed by atoms with Crippen LogP contribution in [0.4, 0.5) is 0 Å². The highest BCUT2D eigenvalue weighted by molar-refractivity contribution is 6.30. The fourth-order valence-electron chi connectivity index (χ4n) is 3.29. The third kappa shape index (κ3) is 5.42. The molecule has 1 N–H and O–H groups in total. The minimum absolute atomic E-state index is 0.0430. The second-order valence-electron chi connectivity index (χ2n) is 7.68. The first-order valence-corrected chi connectivity index (χ1v) is 8.82. The van der Waals surface area contributed by atoms with E-state index in [1.165, 1.54) is 12.8 Å². The van der Waals surface area contributed by atoms with Crippen molar-refractivity contribution in [1.29, 1.82) is 0 Å². The van der Waals surface area contributed by atoms with Crippen LogP contribution in [0.1, 0.15) is 52.0 Å². The molecule has 1 saturated carbocycles. The van der Waals surface area contributed by atoms with E-state index in [-0.39, 0.29) is 18.6 Å². The highest BCUT2D eigenvalue weighted by Crippen LogP contribution is 2.37. The summed E-state index contributed by atoms with van der Waals surface area (Å²) in [6.45, 7) is 8.89. The van der Waals surface area contributed by atoms with Gasteiger partial charge in [0.15, 0.2) is 6.61 Å². The van der Waals surface area contributed by atoms with E-state index in [9.17, 15) is 4.79 Å². The lowest BCUT2D eigenvalue weighted by atomic mass is 9.71. The Morgan fingerprint density at radius 1 is 1.26 bits per heavy atom. The molecule has 0 radical (unpaired) electrons. The zero-order chi connectivity index (χ0) is 17.0. The van der Waals surface area contributed by atoms with Crippen molar-refractivity contribution in [3.63, 3.8) is 0 Å². The van der Waals surface area contributed by atoms with Gasteiger partial charge in [-0.25, -0.2) is 0 Å². The summed E-state index contributed by atoms with van der Waals surface area (Å²) >= 11 is 5.92. The molecule has 0 bridgehead atoms. The Balaban J connectivity index is 1.75. The molecule has 1 aromatic rings. The molecule has 0 heterocycles. The SMILES string of the molecule is Cc1cc(Cl)ccc1OCC(=O)NC1CCC(C(C)(C)C)CC1. The van der Waals surface area contributed by atoms with Gasteiger partial charge in [0.25, 0.3) is 5.91 Å². The molecule has 1 aromatic carbocycles. The van der Waals surface area contributed by atoms with Crippen molar-refractivity contribution in [3.8, 4) is 5.75 Å². The van der Waals surface area contributed by atoms with Gasteiger partial charge in [0.1, 0.15) is 5.75 Å². The van der Waals surface area contributed by atoms with Crippen LogP contribution >= 0.6 is 11.6 Å². The second-order valence-corrected chi connectivity index (χ2v) is 8.12. The summed E-state index contributed by atoms with van der Waals surface area (Å²) in [6.07, 6.45) is 4.50. The summed E-state index contributed by atoms with van der Waals surface area (Å²) in [4.78, 5) is 12.1. The lowest BCUT2D eigenvalue weighted by Gasteiger charge is -2.37. The van der Waals surface area contributed by atoms with Crippen LogP contribution in [0.3, 0.4) is 0 Å². The lowest BCUT2D eigenvalue weighted by molar-refractivity contribution is -0.124. The van der Waals surface area contributed by atoms with Gasteiger partial charge in [-0.15, -0.1) is 0 Å². The van der Waals surface area contributed by atoms with Gasteiger partial charge in [0.2, 0.25) is 0 Å². The van der Waals surface area contributed by atoms with Gasteiger partial charge in [-0.2, -0.15) is 0 Å². The smallest absolute Gasteiger partial charge is 0.258 e.